The third-order valence-corrected chi connectivity index (χ3v) is 5.67. The Balaban J connectivity index is 1.72. The number of aromatic nitrogens is 1. The van der Waals surface area contributed by atoms with Crippen LogP contribution in [-0.4, -0.2) is 17.9 Å². The highest BCUT2D eigenvalue weighted by molar-refractivity contribution is 9.10. The largest absolute Gasteiger partial charge is 0.311 e. The first kappa shape index (κ1) is 16.6. The van der Waals surface area contributed by atoms with Crippen molar-refractivity contribution in [3.05, 3.63) is 68.8 Å². The van der Waals surface area contributed by atoms with Crippen LogP contribution in [0.3, 0.4) is 0 Å². The Morgan fingerprint density at radius 3 is 2.68 bits per heavy atom. The molecule has 0 N–H and O–H groups in total. The number of carbonyl (C=O) groups is 1. The Labute approximate surface area is 159 Å². The first-order valence-corrected chi connectivity index (χ1v) is 9.36. The van der Waals surface area contributed by atoms with E-state index in [4.69, 9.17) is 16.6 Å². The monoisotopic (exact) mass is 414 g/mol. The van der Waals surface area contributed by atoms with Crippen LogP contribution in [0, 0.1) is 0 Å². The summed E-state index contributed by atoms with van der Waals surface area (Å²) in [5.74, 6) is -0.0670. The maximum absolute atomic E-state index is 12.8. The first-order chi connectivity index (χ1) is 12.0. The van der Waals surface area contributed by atoms with Crippen LogP contribution in [0.4, 0.5) is 5.69 Å². The van der Waals surface area contributed by atoms with Crippen molar-refractivity contribution >= 4 is 50.0 Å². The van der Waals surface area contributed by atoms with Gasteiger partial charge in [-0.3, -0.25) is 9.78 Å². The van der Waals surface area contributed by atoms with E-state index in [1.165, 1.54) is 5.56 Å². The zero-order chi connectivity index (χ0) is 17.6. The Morgan fingerprint density at radius 2 is 1.92 bits per heavy atom. The van der Waals surface area contributed by atoms with Crippen LogP contribution in [0.2, 0.25) is 5.02 Å². The van der Waals surface area contributed by atoms with E-state index in [1.54, 1.807) is 11.9 Å². The molecule has 4 rings (SSSR count). The van der Waals surface area contributed by atoms with Crippen LogP contribution in [-0.2, 0) is 12.8 Å². The van der Waals surface area contributed by atoms with Gasteiger partial charge in [0.2, 0.25) is 0 Å². The summed E-state index contributed by atoms with van der Waals surface area (Å²) in [5.41, 5.74) is 4.48. The Hall–Kier alpha value is -1.91. The van der Waals surface area contributed by atoms with Crippen molar-refractivity contribution in [3.63, 3.8) is 0 Å². The van der Waals surface area contributed by atoms with Gasteiger partial charge in [0.15, 0.2) is 0 Å². The van der Waals surface area contributed by atoms with Crippen LogP contribution in [0.1, 0.15) is 28.0 Å². The van der Waals surface area contributed by atoms with E-state index in [0.29, 0.717) is 5.56 Å². The Bertz CT molecular complexity index is 985. The van der Waals surface area contributed by atoms with Gasteiger partial charge in [0.25, 0.3) is 5.91 Å². The van der Waals surface area contributed by atoms with Gasteiger partial charge in [-0.25, -0.2) is 0 Å². The van der Waals surface area contributed by atoms with Crippen LogP contribution < -0.4 is 4.90 Å². The molecule has 1 heterocycles. The minimum atomic E-state index is -0.0670. The summed E-state index contributed by atoms with van der Waals surface area (Å²) >= 11 is 9.96. The summed E-state index contributed by atoms with van der Waals surface area (Å²) in [7, 11) is 1.78. The maximum atomic E-state index is 12.8. The number of carbonyl (C=O) groups excluding carboxylic acids is 1. The number of hydrogen-bond donors (Lipinski definition) is 0. The minimum absolute atomic E-state index is 0.0670. The summed E-state index contributed by atoms with van der Waals surface area (Å²) in [6.45, 7) is 0. The summed E-state index contributed by atoms with van der Waals surface area (Å²) in [5, 5.41) is 1.71. The third-order valence-electron chi connectivity index (χ3n) is 4.71. The fourth-order valence-electron chi connectivity index (χ4n) is 3.31. The normalized spacial score (nSPS) is 13.1. The molecule has 1 aliphatic rings. The van der Waals surface area contributed by atoms with E-state index >= 15 is 0 Å². The predicted octanol–water partition coefficient (Wildman–Crippen LogP) is 5.42. The van der Waals surface area contributed by atoms with Gasteiger partial charge in [-0.2, -0.15) is 0 Å². The Morgan fingerprint density at radius 1 is 1.16 bits per heavy atom. The predicted molar refractivity (Wildman–Crippen MR) is 106 cm³/mol. The summed E-state index contributed by atoms with van der Waals surface area (Å²) in [4.78, 5) is 19.2. The van der Waals surface area contributed by atoms with Crippen molar-refractivity contribution in [3.8, 4) is 0 Å². The standard InChI is InChI=1S/C20H16BrClN2O/c1-24(14-8-6-13(21)7-9-14)20(25)12-5-10-16-18(11-12)23-17-4-2-3-15(17)19(16)22/h5-11H,2-4H2,1H3. The second-order valence-electron chi connectivity index (χ2n) is 6.28. The lowest BCUT2D eigenvalue weighted by molar-refractivity contribution is 0.0993. The van der Waals surface area contributed by atoms with Crippen LogP contribution >= 0.6 is 27.5 Å². The van der Waals surface area contributed by atoms with Gasteiger partial charge in [0.05, 0.1) is 10.5 Å². The molecule has 5 heteroatoms. The number of amides is 1. The number of fused-ring (bicyclic) bond motifs is 2. The number of pyridine rings is 1. The van der Waals surface area contributed by atoms with E-state index in [9.17, 15) is 4.79 Å². The number of anilines is 1. The van der Waals surface area contributed by atoms with Crippen LogP contribution in [0.15, 0.2) is 46.9 Å². The van der Waals surface area contributed by atoms with E-state index in [1.807, 2.05) is 42.5 Å². The molecule has 0 saturated heterocycles. The fourth-order valence-corrected chi connectivity index (χ4v) is 3.94. The molecule has 0 atom stereocenters. The number of aryl methyl sites for hydroxylation is 1. The number of halogens is 2. The summed E-state index contributed by atoms with van der Waals surface area (Å²) in [6.07, 6.45) is 3.04. The average Bonchev–Trinajstić information content (AvgIpc) is 3.09. The molecule has 126 valence electrons. The second-order valence-corrected chi connectivity index (χ2v) is 7.57. The molecule has 0 bridgehead atoms. The molecule has 0 saturated carbocycles. The second kappa shape index (κ2) is 6.43. The van der Waals surface area contributed by atoms with Gasteiger partial charge in [-0.1, -0.05) is 33.6 Å². The van der Waals surface area contributed by atoms with E-state index in [0.717, 1.165) is 51.0 Å². The Kier molecular flexibility index (Phi) is 4.26. The van der Waals surface area contributed by atoms with E-state index < -0.39 is 0 Å². The minimum Gasteiger partial charge on any atom is -0.311 e. The van der Waals surface area contributed by atoms with E-state index in [2.05, 4.69) is 15.9 Å². The summed E-state index contributed by atoms with van der Waals surface area (Å²) < 4.78 is 0.982. The molecule has 3 aromatic rings. The van der Waals surface area contributed by atoms with Crippen LogP contribution in [0.25, 0.3) is 10.9 Å². The van der Waals surface area contributed by atoms with Gasteiger partial charge >= 0.3 is 0 Å². The van der Waals surface area contributed by atoms with Crippen molar-refractivity contribution in [2.24, 2.45) is 0 Å². The maximum Gasteiger partial charge on any atom is 0.258 e. The molecule has 0 unspecified atom stereocenters. The number of benzene rings is 2. The van der Waals surface area contributed by atoms with Crippen molar-refractivity contribution in [2.45, 2.75) is 19.3 Å². The topological polar surface area (TPSA) is 33.2 Å². The van der Waals surface area contributed by atoms with Crippen LogP contribution in [0.5, 0.6) is 0 Å². The quantitative estimate of drug-likeness (QED) is 0.560. The van der Waals surface area contributed by atoms with Gasteiger partial charge in [-0.15, -0.1) is 0 Å². The lowest BCUT2D eigenvalue weighted by Crippen LogP contribution is -2.26. The first-order valence-electron chi connectivity index (χ1n) is 8.19. The zero-order valence-electron chi connectivity index (χ0n) is 13.7. The molecule has 0 radical (unpaired) electrons. The van der Waals surface area contributed by atoms with Crippen molar-refractivity contribution in [1.82, 2.24) is 4.98 Å². The molecule has 2 aromatic carbocycles. The molecule has 0 aliphatic heterocycles. The van der Waals surface area contributed by atoms with Gasteiger partial charge in [-0.05, 0) is 61.2 Å². The summed E-state index contributed by atoms with van der Waals surface area (Å²) in [6, 6.07) is 13.2. The lowest BCUT2D eigenvalue weighted by Gasteiger charge is -2.18. The van der Waals surface area contributed by atoms with Crippen molar-refractivity contribution in [1.29, 1.82) is 0 Å². The molecule has 0 fully saturated rings. The number of hydrogen-bond acceptors (Lipinski definition) is 2. The SMILES string of the molecule is CN(C(=O)c1ccc2c(Cl)c3c(nc2c1)CCC3)c1ccc(Br)cc1. The molecule has 25 heavy (non-hydrogen) atoms. The third kappa shape index (κ3) is 2.94. The highest BCUT2D eigenvalue weighted by atomic mass is 79.9. The lowest BCUT2D eigenvalue weighted by atomic mass is 10.1. The highest BCUT2D eigenvalue weighted by Gasteiger charge is 2.20. The van der Waals surface area contributed by atoms with E-state index in [-0.39, 0.29) is 5.91 Å². The molecular weight excluding hydrogens is 400 g/mol. The molecule has 0 spiro atoms. The van der Waals surface area contributed by atoms with Gasteiger partial charge < -0.3 is 4.90 Å². The molecule has 1 aliphatic carbocycles. The number of rotatable bonds is 2. The number of nitrogens with zero attached hydrogens (tertiary/aromatic N) is 2. The zero-order valence-corrected chi connectivity index (χ0v) is 16.1. The fraction of sp³-hybridized carbons (Fsp3) is 0.200. The molecule has 1 aromatic heterocycles. The molecule has 3 nitrogen and oxygen atoms in total. The van der Waals surface area contributed by atoms with Crippen molar-refractivity contribution in [2.75, 3.05) is 11.9 Å². The molecular formula is C20H16BrClN2O. The molecule has 1 amide bonds. The smallest absolute Gasteiger partial charge is 0.258 e. The average molecular weight is 416 g/mol. The van der Waals surface area contributed by atoms with Gasteiger partial charge in [0.1, 0.15) is 0 Å². The van der Waals surface area contributed by atoms with Crippen molar-refractivity contribution < 1.29 is 4.79 Å². The highest BCUT2D eigenvalue weighted by Crippen LogP contribution is 2.34. The van der Waals surface area contributed by atoms with Gasteiger partial charge in [0, 0.05) is 33.9 Å².